The summed E-state index contributed by atoms with van der Waals surface area (Å²) in [6, 6.07) is 4.84. The van der Waals surface area contributed by atoms with Crippen LogP contribution in [0, 0.1) is 0 Å². The van der Waals surface area contributed by atoms with Gasteiger partial charge in [0.25, 0.3) is 5.92 Å². The summed E-state index contributed by atoms with van der Waals surface area (Å²) in [5.41, 5.74) is 4.53. The molecule has 2 rings (SSSR count). The number of alkyl halides is 2. The molecular weight excluding hydrogens is 268 g/mol. The summed E-state index contributed by atoms with van der Waals surface area (Å²) in [7, 11) is 1.52. The van der Waals surface area contributed by atoms with Gasteiger partial charge in [-0.25, -0.2) is 8.78 Å². The van der Waals surface area contributed by atoms with Gasteiger partial charge in [-0.15, -0.1) is 0 Å². The number of hydrogen-bond donors (Lipinski definition) is 1. The Morgan fingerprint density at radius 2 is 2.07 bits per heavy atom. The Morgan fingerprint density at radius 3 is 2.47 bits per heavy atom. The Bertz CT molecular complexity index is 410. The molecule has 0 radical (unpaired) electrons. The molecule has 0 heterocycles. The van der Waals surface area contributed by atoms with Crippen molar-refractivity contribution < 1.29 is 13.5 Å². The Balaban J connectivity index is 2.39. The normalized spacial score (nSPS) is 27.5. The number of nitrogens with two attached hydrogens (primary N) is 1. The van der Waals surface area contributed by atoms with Gasteiger partial charge >= 0.3 is 0 Å². The van der Waals surface area contributed by atoms with Crippen molar-refractivity contribution in [2.45, 2.75) is 17.9 Å². The lowest BCUT2D eigenvalue weighted by molar-refractivity contribution is 0.0889. The molecule has 0 aromatic heterocycles. The molecule has 0 bridgehead atoms. The van der Waals surface area contributed by atoms with Crippen LogP contribution in [0.4, 0.5) is 8.78 Å². The molecule has 0 amide bonds. The highest BCUT2D eigenvalue weighted by atomic mass is 79.9. The smallest absolute Gasteiger partial charge is 0.272 e. The second kappa shape index (κ2) is 3.15. The monoisotopic (exact) mass is 277 g/mol. The van der Waals surface area contributed by atoms with Crippen LogP contribution in [0.25, 0.3) is 0 Å². The molecule has 0 spiro atoms. The van der Waals surface area contributed by atoms with Crippen LogP contribution in [0.2, 0.25) is 0 Å². The standard InChI is InChI=1S/C10H10BrF2NO/c1-15-6-2-3-7(8(11)4-6)9(14)5-10(9,12)13/h2-4H,5,14H2,1H3. The number of halogens is 3. The molecule has 82 valence electrons. The van der Waals surface area contributed by atoms with E-state index in [9.17, 15) is 8.78 Å². The summed E-state index contributed by atoms with van der Waals surface area (Å²) in [6.07, 6.45) is -0.301. The van der Waals surface area contributed by atoms with E-state index in [1.807, 2.05) is 0 Å². The van der Waals surface area contributed by atoms with Gasteiger partial charge in [-0.3, -0.25) is 0 Å². The molecule has 2 nitrogen and oxygen atoms in total. The molecule has 5 heteroatoms. The molecule has 15 heavy (non-hydrogen) atoms. The molecule has 1 aliphatic carbocycles. The number of methoxy groups -OCH3 is 1. The molecule has 2 N–H and O–H groups in total. The van der Waals surface area contributed by atoms with Crippen molar-refractivity contribution in [2.75, 3.05) is 7.11 Å². The average molecular weight is 278 g/mol. The van der Waals surface area contributed by atoms with Crippen molar-refractivity contribution >= 4 is 15.9 Å². The zero-order valence-electron chi connectivity index (χ0n) is 8.06. The highest BCUT2D eigenvalue weighted by Crippen LogP contribution is 2.58. The lowest BCUT2D eigenvalue weighted by Gasteiger charge is -2.13. The van der Waals surface area contributed by atoms with Gasteiger partial charge in [-0.2, -0.15) is 0 Å². The minimum absolute atomic E-state index is 0.301. The Hall–Kier alpha value is -0.680. The van der Waals surface area contributed by atoms with Crippen LogP contribution in [-0.2, 0) is 5.54 Å². The summed E-state index contributed by atoms with van der Waals surface area (Å²) in [6.45, 7) is 0. The zero-order chi connectivity index (χ0) is 11.3. The summed E-state index contributed by atoms with van der Waals surface area (Å²) in [5, 5.41) is 0. The van der Waals surface area contributed by atoms with E-state index in [0.717, 1.165) is 0 Å². The van der Waals surface area contributed by atoms with Crippen molar-refractivity contribution in [1.82, 2.24) is 0 Å². The van der Waals surface area contributed by atoms with Gasteiger partial charge in [0.1, 0.15) is 11.3 Å². The van der Waals surface area contributed by atoms with Crippen molar-refractivity contribution in [3.05, 3.63) is 28.2 Å². The summed E-state index contributed by atoms with van der Waals surface area (Å²) >= 11 is 3.22. The summed E-state index contributed by atoms with van der Waals surface area (Å²) in [5.74, 6) is -2.19. The predicted octanol–water partition coefficient (Wildman–Crippen LogP) is 2.65. The van der Waals surface area contributed by atoms with E-state index in [1.165, 1.54) is 7.11 Å². The van der Waals surface area contributed by atoms with Crippen LogP contribution < -0.4 is 10.5 Å². The van der Waals surface area contributed by atoms with E-state index in [-0.39, 0.29) is 6.42 Å². The first-order valence-corrected chi connectivity index (χ1v) is 5.21. The van der Waals surface area contributed by atoms with Gasteiger partial charge in [-0.05, 0) is 17.7 Å². The van der Waals surface area contributed by atoms with Crippen molar-refractivity contribution in [2.24, 2.45) is 5.73 Å². The van der Waals surface area contributed by atoms with Crippen LogP contribution >= 0.6 is 15.9 Å². The molecule has 0 aliphatic heterocycles. The van der Waals surface area contributed by atoms with Gasteiger partial charge in [-0.1, -0.05) is 22.0 Å². The van der Waals surface area contributed by atoms with Crippen LogP contribution in [0.1, 0.15) is 12.0 Å². The van der Waals surface area contributed by atoms with Crippen LogP contribution in [0.5, 0.6) is 5.75 Å². The average Bonchev–Trinajstić information content (AvgIpc) is 2.66. The molecule has 1 aromatic rings. The minimum atomic E-state index is -2.80. The van der Waals surface area contributed by atoms with Gasteiger partial charge in [0.05, 0.1) is 7.11 Å². The fourth-order valence-electron chi connectivity index (χ4n) is 1.58. The molecule has 1 aromatic carbocycles. The van der Waals surface area contributed by atoms with E-state index in [4.69, 9.17) is 10.5 Å². The van der Waals surface area contributed by atoms with E-state index < -0.39 is 11.5 Å². The zero-order valence-corrected chi connectivity index (χ0v) is 9.64. The number of benzene rings is 1. The largest absolute Gasteiger partial charge is 0.497 e. The maximum atomic E-state index is 13.1. The summed E-state index contributed by atoms with van der Waals surface area (Å²) < 4.78 is 31.6. The van der Waals surface area contributed by atoms with Gasteiger partial charge in [0.15, 0.2) is 0 Å². The maximum absolute atomic E-state index is 13.1. The topological polar surface area (TPSA) is 35.2 Å². The van der Waals surface area contributed by atoms with E-state index in [2.05, 4.69) is 15.9 Å². The predicted molar refractivity (Wildman–Crippen MR) is 56.1 cm³/mol. The fraction of sp³-hybridized carbons (Fsp3) is 0.400. The molecule has 1 atom stereocenters. The number of ether oxygens (including phenoxy) is 1. The third-order valence-electron chi connectivity index (χ3n) is 2.69. The Kier molecular flexibility index (Phi) is 2.28. The Labute approximate surface area is 94.5 Å². The molecule has 0 saturated heterocycles. The molecular formula is C10H10BrF2NO. The van der Waals surface area contributed by atoms with Gasteiger partial charge < -0.3 is 10.5 Å². The van der Waals surface area contributed by atoms with Gasteiger partial charge in [0, 0.05) is 10.9 Å². The van der Waals surface area contributed by atoms with Crippen molar-refractivity contribution in [1.29, 1.82) is 0 Å². The van der Waals surface area contributed by atoms with Crippen LogP contribution in [0.3, 0.4) is 0 Å². The third kappa shape index (κ3) is 1.54. The van der Waals surface area contributed by atoms with E-state index in [0.29, 0.717) is 15.8 Å². The second-order valence-corrected chi connectivity index (χ2v) is 4.55. The highest BCUT2D eigenvalue weighted by molar-refractivity contribution is 9.10. The number of rotatable bonds is 2. The van der Waals surface area contributed by atoms with E-state index >= 15 is 0 Å². The first kappa shape index (κ1) is 10.8. The molecule has 1 saturated carbocycles. The SMILES string of the molecule is COc1ccc(C2(N)CC2(F)F)c(Br)c1. The van der Waals surface area contributed by atoms with E-state index in [1.54, 1.807) is 18.2 Å². The molecule has 1 unspecified atom stereocenters. The Morgan fingerprint density at radius 1 is 1.47 bits per heavy atom. The lowest BCUT2D eigenvalue weighted by Crippen LogP contribution is -2.27. The van der Waals surface area contributed by atoms with Crippen molar-refractivity contribution in [3.8, 4) is 5.75 Å². The first-order chi connectivity index (χ1) is 6.90. The minimum Gasteiger partial charge on any atom is -0.497 e. The molecule has 1 aliphatic rings. The second-order valence-electron chi connectivity index (χ2n) is 3.70. The fourth-order valence-corrected chi connectivity index (χ4v) is 2.29. The lowest BCUT2D eigenvalue weighted by atomic mass is 10.1. The highest BCUT2D eigenvalue weighted by Gasteiger charge is 2.70. The van der Waals surface area contributed by atoms with Crippen LogP contribution in [0.15, 0.2) is 22.7 Å². The quantitative estimate of drug-likeness (QED) is 0.902. The van der Waals surface area contributed by atoms with Crippen molar-refractivity contribution in [3.63, 3.8) is 0 Å². The molecule has 1 fully saturated rings. The van der Waals surface area contributed by atoms with Gasteiger partial charge in [0.2, 0.25) is 0 Å². The third-order valence-corrected chi connectivity index (χ3v) is 3.34. The maximum Gasteiger partial charge on any atom is 0.272 e. The van der Waals surface area contributed by atoms with Crippen LogP contribution in [-0.4, -0.2) is 13.0 Å². The number of hydrogen-bond acceptors (Lipinski definition) is 2. The summed E-state index contributed by atoms with van der Waals surface area (Å²) in [4.78, 5) is 0. The first-order valence-electron chi connectivity index (χ1n) is 4.41.